The Bertz CT molecular complexity index is 360. The number of methoxy groups -OCH3 is 1. The van der Waals surface area contributed by atoms with Crippen molar-refractivity contribution in [3.05, 3.63) is 24.0 Å². The maximum Gasteiger partial charge on any atom is 0.235 e. The number of aromatic nitrogens is 1. The van der Waals surface area contributed by atoms with Crippen molar-refractivity contribution < 1.29 is 14.6 Å². The molecule has 1 heterocycles. The van der Waals surface area contributed by atoms with Crippen LogP contribution in [0.5, 0.6) is 5.75 Å². The van der Waals surface area contributed by atoms with E-state index in [2.05, 4.69) is 10.3 Å². The van der Waals surface area contributed by atoms with Crippen molar-refractivity contribution in [1.29, 1.82) is 0 Å². The van der Waals surface area contributed by atoms with Crippen LogP contribution in [0, 0.1) is 0 Å². The van der Waals surface area contributed by atoms with Crippen LogP contribution >= 0.6 is 11.6 Å². The molecule has 0 radical (unpaired) electrons. The van der Waals surface area contributed by atoms with Gasteiger partial charge >= 0.3 is 0 Å². The number of carbonyl (C=O) groups is 1. The Labute approximate surface area is 98.4 Å². The number of aliphatic hydroxyl groups is 1. The van der Waals surface area contributed by atoms with Gasteiger partial charge in [0.05, 0.1) is 7.11 Å². The minimum atomic E-state index is -0.914. The SMILES string of the molecule is COc1cccnc1C(O)CNC(=O)CCl. The fourth-order valence-corrected chi connectivity index (χ4v) is 1.27. The summed E-state index contributed by atoms with van der Waals surface area (Å²) in [4.78, 5) is 14.9. The molecule has 1 rings (SSSR count). The minimum Gasteiger partial charge on any atom is -0.495 e. The zero-order valence-electron chi connectivity index (χ0n) is 8.81. The van der Waals surface area contributed by atoms with E-state index in [-0.39, 0.29) is 18.3 Å². The standard InChI is InChI=1S/C10H13ClN2O3/c1-16-8-3-2-4-12-10(8)7(14)6-13-9(15)5-11/h2-4,7,14H,5-6H2,1H3,(H,13,15). The molecule has 0 spiro atoms. The van der Waals surface area contributed by atoms with Crippen molar-refractivity contribution >= 4 is 17.5 Å². The average molecular weight is 245 g/mol. The first-order valence-corrected chi connectivity index (χ1v) is 5.22. The molecular weight excluding hydrogens is 232 g/mol. The second-order valence-electron chi connectivity index (χ2n) is 3.04. The van der Waals surface area contributed by atoms with E-state index in [0.717, 1.165) is 0 Å². The van der Waals surface area contributed by atoms with Gasteiger partial charge < -0.3 is 15.2 Å². The van der Waals surface area contributed by atoms with Crippen LogP contribution in [-0.2, 0) is 4.79 Å². The molecule has 0 bridgehead atoms. The molecule has 1 atom stereocenters. The summed E-state index contributed by atoms with van der Waals surface area (Å²) in [5.74, 6) is 0.0113. The second kappa shape index (κ2) is 6.30. The molecule has 1 aromatic heterocycles. The molecule has 1 amide bonds. The number of amides is 1. The van der Waals surface area contributed by atoms with E-state index in [4.69, 9.17) is 16.3 Å². The molecule has 0 saturated heterocycles. The Morgan fingerprint density at radius 3 is 3.12 bits per heavy atom. The number of halogens is 1. The highest BCUT2D eigenvalue weighted by Crippen LogP contribution is 2.21. The van der Waals surface area contributed by atoms with Crippen molar-refractivity contribution in [1.82, 2.24) is 10.3 Å². The van der Waals surface area contributed by atoms with E-state index < -0.39 is 6.10 Å². The molecule has 5 nitrogen and oxygen atoms in total. The smallest absolute Gasteiger partial charge is 0.235 e. The summed E-state index contributed by atoms with van der Waals surface area (Å²) in [5, 5.41) is 12.2. The van der Waals surface area contributed by atoms with Gasteiger partial charge in [-0.3, -0.25) is 9.78 Å². The monoisotopic (exact) mass is 244 g/mol. The number of ether oxygens (including phenoxy) is 1. The van der Waals surface area contributed by atoms with Crippen LogP contribution in [0.25, 0.3) is 0 Å². The molecule has 0 aliphatic heterocycles. The highest BCUT2D eigenvalue weighted by atomic mass is 35.5. The van der Waals surface area contributed by atoms with Gasteiger partial charge in [-0.2, -0.15) is 0 Å². The van der Waals surface area contributed by atoms with E-state index >= 15 is 0 Å². The van der Waals surface area contributed by atoms with Crippen LogP contribution in [0.2, 0.25) is 0 Å². The predicted octanol–water partition coefficient (Wildman–Crippen LogP) is 0.479. The van der Waals surface area contributed by atoms with E-state index in [1.165, 1.54) is 7.11 Å². The Hall–Kier alpha value is -1.33. The Kier molecular flexibility index (Phi) is 5.01. The number of aliphatic hydroxyl groups excluding tert-OH is 1. The summed E-state index contributed by atoms with van der Waals surface area (Å²) in [6.45, 7) is 0.0545. The topological polar surface area (TPSA) is 71.5 Å². The predicted molar refractivity (Wildman–Crippen MR) is 59.5 cm³/mol. The largest absolute Gasteiger partial charge is 0.495 e. The normalized spacial score (nSPS) is 11.9. The van der Waals surface area contributed by atoms with E-state index in [1.54, 1.807) is 18.3 Å². The van der Waals surface area contributed by atoms with Crippen molar-refractivity contribution in [2.24, 2.45) is 0 Å². The van der Waals surface area contributed by atoms with Gasteiger partial charge in [0.2, 0.25) is 5.91 Å². The number of carbonyl (C=O) groups excluding carboxylic acids is 1. The highest BCUT2D eigenvalue weighted by molar-refractivity contribution is 6.27. The minimum absolute atomic E-state index is 0.0545. The van der Waals surface area contributed by atoms with Gasteiger partial charge in [-0.25, -0.2) is 0 Å². The first kappa shape index (κ1) is 12.7. The molecule has 0 fully saturated rings. The number of hydrogen-bond donors (Lipinski definition) is 2. The highest BCUT2D eigenvalue weighted by Gasteiger charge is 2.14. The van der Waals surface area contributed by atoms with Crippen LogP contribution in [0.15, 0.2) is 18.3 Å². The third-order valence-electron chi connectivity index (χ3n) is 1.95. The molecule has 0 aliphatic carbocycles. The summed E-state index contributed by atoms with van der Waals surface area (Å²) < 4.78 is 5.04. The van der Waals surface area contributed by atoms with E-state index in [0.29, 0.717) is 11.4 Å². The molecule has 2 N–H and O–H groups in total. The average Bonchev–Trinajstić information content (AvgIpc) is 2.35. The van der Waals surface area contributed by atoms with Crippen LogP contribution in [0.1, 0.15) is 11.8 Å². The van der Waals surface area contributed by atoms with Gasteiger partial charge in [0.25, 0.3) is 0 Å². The maximum absolute atomic E-state index is 10.9. The van der Waals surface area contributed by atoms with Crippen LogP contribution in [0.4, 0.5) is 0 Å². The van der Waals surface area contributed by atoms with Crippen LogP contribution < -0.4 is 10.1 Å². The van der Waals surface area contributed by atoms with Gasteiger partial charge in [0.1, 0.15) is 23.4 Å². The van der Waals surface area contributed by atoms with Crippen molar-refractivity contribution in [3.63, 3.8) is 0 Å². The molecule has 0 saturated carbocycles. The summed E-state index contributed by atoms with van der Waals surface area (Å²) in [5.41, 5.74) is 0.389. The number of nitrogens with one attached hydrogen (secondary N) is 1. The zero-order chi connectivity index (χ0) is 12.0. The van der Waals surface area contributed by atoms with Gasteiger partial charge in [0, 0.05) is 12.7 Å². The molecular formula is C10H13ClN2O3. The summed E-state index contributed by atoms with van der Waals surface area (Å²) >= 11 is 5.31. The number of pyridine rings is 1. The molecule has 16 heavy (non-hydrogen) atoms. The Morgan fingerprint density at radius 2 is 2.50 bits per heavy atom. The third kappa shape index (κ3) is 3.36. The lowest BCUT2D eigenvalue weighted by atomic mass is 10.2. The van der Waals surface area contributed by atoms with Crippen molar-refractivity contribution in [2.45, 2.75) is 6.10 Å². The van der Waals surface area contributed by atoms with E-state index in [1.807, 2.05) is 0 Å². The third-order valence-corrected chi connectivity index (χ3v) is 2.19. The zero-order valence-corrected chi connectivity index (χ0v) is 9.57. The number of alkyl halides is 1. The van der Waals surface area contributed by atoms with Gasteiger partial charge in [-0.1, -0.05) is 0 Å². The van der Waals surface area contributed by atoms with E-state index in [9.17, 15) is 9.90 Å². The summed E-state index contributed by atoms with van der Waals surface area (Å²) in [6.07, 6.45) is 0.632. The first-order valence-electron chi connectivity index (χ1n) is 4.68. The van der Waals surface area contributed by atoms with Gasteiger partial charge in [0.15, 0.2) is 0 Å². The van der Waals surface area contributed by atoms with Crippen LogP contribution in [0.3, 0.4) is 0 Å². The number of hydrogen-bond acceptors (Lipinski definition) is 4. The molecule has 1 unspecified atom stereocenters. The fourth-order valence-electron chi connectivity index (χ4n) is 1.18. The lowest BCUT2D eigenvalue weighted by molar-refractivity contribution is -0.119. The molecule has 6 heteroatoms. The molecule has 1 aromatic rings. The van der Waals surface area contributed by atoms with Crippen molar-refractivity contribution in [2.75, 3.05) is 19.5 Å². The fraction of sp³-hybridized carbons (Fsp3) is 0.400. The maximum atomic E-state index is 10.9. The second-order valence-corrected chi connectivity index (χ2v) is 3.31. The first-order chi connectivity index (χ1) is 7.69. The summed E-state index contributed by atoms with van der Waals surface area (Å²) in [7, 11) is 1.49. The van der Waals surface area contributed by atoms with Gasteiger partial charge in [-0.05, 0) is 12.1 Å². The van der Waals surface area contributed by atoms with Crippen molar-refractivity contribution in [3.8, 4) is 5.75 Å². The Morgan fingerprint density at radius 1 is 1.75 bits per heavy atom. The van der Waals surface area contributed by atoms with Gasteiger partial charge in [-0.15, -0.1) is 11.6 Å². The lowest BCUT2D eigenvalue weighted by Gasteiger charge is -2.13. The molecule has 0 aromatic carbocycles. The van der Waals surface area contributed by atoms with Crippen LogP contribution in [-0.4, -0.2) is 35.5 Å². The number of rotatable bonds is 5. The quantitative estimate of drug-likeness (QED) is 0.739. The lowest BCUT2D eigenvalue weighted by Crippen LogP contribution is -2.29. The molecule has 88 valence electrons. The summed E-state index contributed by atoms with van der Waals surface area (Å²) in [6, 6.07) is 3.39. The number of nitrogens with zero attached hydrogens (tertiary/aromatic N) is 1. The Balaban J connectivity index is 2.65. The molecule has 0 aliphatic rings.